The molecule has 9 nitrogen and oxygen atoms in total. The Kier molecular flexibility index (Phi) is 7.66. The number of anilines is 1. The number of fused-ring (bicyclic) bond motifs is 1. The van der Waals surface area contributed by atoms with E-state index in [2.05, 4.69) is 10.0 Å². The van der Waals surface area contributed by atoms with Crippen molar-refractivity contribution in [3.63, 3.8) is 0 Å². The van der Waals surface area contributed by atoms with Gasteiger partial charge in [-0.15, -0.1) is 0 Å². The fraction of sp³-hybridized carbons (Fsp3) is 0.269. The van der Waals surface area contributed by atoms with Crippen molar-refractivity contribution in [2.24, 2.45) is 0 Å². The summed E-state index contributed by atoms with van der Waals surface area (Å²) in [5, 5.41) is 2.90. The Labute approximate surface area is 211 Å². The zero-order chi connectivity index (χ0) is 25.7. The number of ether oxygens (including phenoxy) is 3. The Morgan fingerprint density at radius 2 is 1.56 bits per heavy atom. The molecular formula is C26H29N3O6S. The maximum absolute atomic E-state index is 13.5. The highest BCUT2D eigenvalue weighted by atomic mass is 32.2. The molecule has 190 valence electrons. The van der Waals surface area contributed by atoms with E-state index in [1.165, 1.54) is 26.4 Å². The number of benzene rings is 3. The molecule has 0 saturated carbocycles. The lowest BCUT2D eigenvalue weighted by atomic mass is 9.92. The summed E-state index contributed by atoms with van der Waals surface area (Å²) in [6.45, 7) is 0.347. The minimum atomic E-state index is -3.79. The Morgan fingerprint density at radius 3 is 2.25 bits per heavy atom. The summed E-state index contributed by atoms with van der Waals surface area (Å²) in [6.07, 6.45) is 0.566. The highest BCUT2D eigenvalue weighted by molar-refractivity contribution is 7.89. The van der Waals surface area contributed by atoms with E-state index >= 15 is 0 Å². The van der Waals surface area contributed by atoms with Crippen LogP contribution in [0.15, 0.2) is 71.6 Å². The summed E-state index contributed by atoms with van der Waals surface area (Å²) in [4.78, 5) is 15.2. The number of rotatable bonds is 8. The summed E-state index contributed by atoms with van der Waals surface area (Å²) in [5.41, 5.74) is 2.26. The van der Waals surface area contributed by atoms with Crippen LogP contribution in [0.25, 0.3) is 0 Å². The van der Waals surface area contributed by atoms with E-state index in [-0.39, 0.29) is 17.5 Å². The van der Waals surface area contributed by atoms with Crippen LogP contribution in [0.1, 0.15) is 17.2 Å². The van der Waals surface area contributed by atoms with Gasteiger partial charge in [0.1, 0.15) is 5.75 Å². The molecule has 2 N–H and O–H groups in total. The number of nitrogens with zero attached hydrogens (tertiary/aromatic N) is 1. The third-order valence-corrected chi connectivity index (χ3v) is 7.57. The van der Waals surface area contributed by atoms with Crippen LogP contribution in [0.4, 0.5) is 10.5 Å². The average molecular weight is 512 g/mol. The molecule has 1 aliphatic rings. The molecule has 0 spiro atoms. The monoisotopic (exact) mass is 511 g/mol. The number of hydrogen-bond donors (Lipinski definition) is 2. The van der Waals surface area contributed by atoms with Crippen LogP contribution in [0.3, 0.4) is 0 Å². The van der Waals surface area contributed by atoms with Crippen molar-refractivity contribution in [1.82, 2.24) is 9.62 Å². The third kappa shape index (κ3) is 5.24. The Balaban J connectivity index is 1.68. The van der Waals surface area contributed by atoms with Gasteiger partial charge >= 0.3 is 6.03 Å². The van der Waals surface area contributed by atoms with Crippen LogP contribution in [0.2, 0.25) is 0 Å². The lowest BCUT2D eigenvalue weighted by molar-refractivity contribution is 0.182. The van der Waals surface area contributed by atoms with Gasteiger partial charge in [0, 0.05) is 13.1 Å². The van der Waals surface area contributed by atoms with Crippen LogP contribution >= 0.6 is 0 Å². The molecule has 0 unspecified atom stereocenters. The van der Waals surface area contributed by atoms with Gasteiger partial charge in [0.25, 0.3) is 0 Å². The van der Waals surface area contributed by atoms with Gasteiger partial charge in [0.2, 0.25) is 10.0 Å². The van der Waals surface area contributed by atoms with E-state index in [0.717, 1.165) is 11.1 Å². The number of carbonyl (C=O) groups excluding carboxylic acids is 1. The van der Waals surface area contributed by atoms with E-state index in [4.69, 9.17) is 14.2 Å². The summed E-state index contributed by atoms with van der Waals surface area (Å²) in [6, 6.07) is 17.9. The molecule has 10 heteroatoms. The van der Waals surface area contributed by atoms with Gasteiger partial charge in [-0.25, -0.2) is 17.9 Å². The van der Waals surface area contributed by atoms with Crippen molar-refractivity contribution in [2.45, 2.75) is 17.4 Å². The van der Waals surface area contributed by atoms with E-state index < -0.39 is 16.1 Å². The maximum Gasteiger partial charge on any atom is 0.322 e. The number of sulfonamides is 1. The predicted molar refractivity (Wildman–Crippen MR) is 136 cm³/mol. The number of nitrogens with one attached hydrogen (secondary N) is 2. The Hall–Kier alpha value is -3.76. The molecule has 3 aromatic carbocycles. The molecule has 0 saturated heterocycles. The Morgan fingerprint density at radius 1 is 0.917 bits per heavy atom. The highest BCUT2D eigenvalue weighted by Gasteiger charge is 2.33. The summed E-state index contributed by atoms with van der Waals surface area (Å²) >= 11 is 0. The van der Waals surface area contributed by atoms with Crippen molar-refractivity contribution in [1.29, 1.82) is 0 Å². The van der Waals surface area contributed by atoms with Gasteiger partial charge in [0.05, 0.1) is 38.0 Å². The van der Waals surface area contributed by atoms with Crippen LogP contribution in [0, 0.1) is 0 Å². The first kappa shape index (κ1) is 25.3. The second-order valence-corrected chi connectivity index (χ2v) is 9.93. The van der Waals surface area contributed by atoms with Gasteiger partial charge in [-0.1, -0.05) is 30.3 Å². The molecule has 3 aromatic rings. The van der Waals surface area contributed by atoms with Crippen LogP contribution in [0.5, 0.6) is 17.2 Å². The number of carbonyl (C=O) groups is 1. The number of amides is 2. The standard InChI is InChI=1S/C26H29N3O6S/c1-33-23-12-8-7-11-21(23)28-26(30)29-14-13-18-15-24(34-2)25(35-3)16-20(18)22(29)17-27-36(31,32)19-9-5-4-6-10-19/h4-12,15-16,22,27H,13-14,17H2,1-3H3,(H,28,30)/t22-/m0/s1. The van der Waals surface area contributed by atoms with Crippen LogP contribution in [-0.2, 0) is 16.4 Å². The molecule has 4 rings (SSSR count). The molecule has 1 aliphatic heterocycles. The third-order valence-electron chi connectivity index (χ3n) is 6.13. The number of urea groups is 1. The van der Waals surface area contributed by atoms with Gasteiger partial charge in [0.15, 0.2) is 11.5 Å². The van der Waals surface area contributed by atoms with Gasteiger partial charge in [-0.2, -0.15) is 0 Å². The zero-order valence-electron chi connectivity index (χ0n) is 20.4. The fourth-order valence-corrected chi connectivity index (χ4v) is 5.36. The van der Waals surface area contributed by atoms with Crippen molar-refractivity contribution in [3.8, 4) is 17.2 Å². The zero-order valence-corrected chi connectivity index (χ0v) is 21.2. The van der Waals surface area contributed by atoms with Gasteiger partial charge in [-0.05, 0) is 53.9 Å². The highest BCUT2D eigenvalue weighted by Crippen LogP contribution is 2.38. The lowest BCUT2D eigenvalue weighted by Crippen LogP contribution is -2.46. The molecule has 0 bridgehead atoms. The van der Waals surface area contributed by atoms with E-state index in [1.54, 1.807) is 54.5 Å². The van der Waals surface area contributed by atoms with E-state index in [9.17, 15) is 13.2 Å². The number of hydrogen-bond acceptors (Lipinski definition) is 6. The number of methoxy groups -OCH3 is 3. The van der Waals surface area contributed by atoms with Crippen molar-refractivity contribution < 1.29 is 27.4 Å². The van der Waals surface area contributed by atoms with Crippen LogP contribution in [-0.4, -0.2) is 53.8 Å². The summed E-state index contributed by atoms with van der Waals surface area (Å²) in [7, 11) is 0.832. The quantitative estimate of drug-likeness (QED) is 0.476. The summed E-state index contributed by atoms with van der Waals surface area (Å²) < 4.78 is 44.9. The molecular weight excluding hydrogens is 482 g/mol. The predicted octanol–water partition coefficient (Wildman–Crippen LogP) is 3.82. The largest absolute Gasteiger partial charge is 0.495 e. The number of para-hydroxylation sites is 2. The van der Waals surface area contributed by atoms with Crippen molar-refractivity contribution in [3.05, 3.63) is 77.9 Å². The molecule has 0 aromatic heterocycles. The minimum Gasteiger partial charge on any atom is -0.495 e. The van der Waals surface area contributed by atoms with Crippen molar-refractivity contribution >= 4 is 21.7 Å². The smallest absolute Gasteiger partial charge is 0.322 e. The van der Waals surface area contributed by atoms with E-state index in [0.29, 0.717) is 35.9 Å². The molecule has 0 fully saturated rings. The van der Waals surface area contributed by atoms with Crippen LogP contribution < -0.4 is 24.2 Å². The van der Waals surface area contributed by atoms with Gasteiger partial charge < -0.3 is 24.4 Å². The van der Waals surface area contributed by atoms with Gasteiger partial charge in [-0.3, -0.25) is 0 Å². The average Bonchev–Trinajstić information content (AvgIpc) is 2.91. The lowest BCUT2D eigenvalue weighted by Gasteiger charge is -2.38. The van der Waals surface area contributed by atoms with Crippen molar-refractivity contribution in [2.75, 3.05) is 39.7 Å². The maximum atomic E-state index is 13.5. The second kappa shape index (κ2) is 10.9. The Bertz CT molecular complexity index is 1330. The minimum absolute atomic E-state index is 0.0287. The normalized spacial score (nSPS) is 15.1. The first-order valence-electron chi connectivity index (χ1n) is 11.4. The molecule has 36 heavy (non-hydrogen) atoms. The van der Waals surface area contributed by atoms with E-state index in [1.807, 2.05) is 12.1 Å². The first-order valence-corrected chi connectivity index (χ1v) is 12.9. The molecule has 0 aliphatic carbocycles. The summed E-state index contributed by atoms with van der Waals surface area (Å²) in [5.74, 6) is 1.60. The molecule has 0 radical (unpaired) electrons. The molecule has 1 atom stereocenters. The second-order valence-electron chi connectivity index (χ2n) is 8.16. The topological polar surface area (TPSA) is 106 Å². The molecule has 1 heterocycles. The SMILES string of the molecule is COc1ccccc1NC(=O)N1CCc2cc(OC)c(OC)cc2[C@@H]1CNS(=O)(=O)c1ccccc1. The fourth-order valence-electron chi connectivity index (χ4n) is 4.30. The first-order chi connectivity index (χ1) is 17.4. The molecule has 2 amide bonds.